The normalized spacial score (nSPS) is 24.4. The second kappa shape index (κ2) is 7.78. The minimum Gasteiger partial charge on any atom is -0.487 e. The van der Waals surface area contributed by atoms with Gasteiger partial charge in [-0.15, -0.1) is 0 Å². The van der Waals surface area contributed by atoms with E-state index in [0.717, 1.165) is 55.0 Å². The van der Waals surface area contributed by atoms with Crippen LogP contribution in [0.25, 0.3) is 11.1 Å². The van der Waals surface area contributed by atoms with E-state index in [9.17, 15) is 0 Å². The van der Waals surface area contributed by atoms with Gasteiger partial charge < -0.3 is 14.8 Å². The van der Waals surface area contributed by atoms with Gasteiger partial charge in [-0.2, -0.15) is 0 Å². The largest absolute Gasteiger partial charge is 0.487 e. The lowest BCUT2D eigenvalue weighted by Gasteiger charge is -2.25. The Morgan fingerprint density at radius 1 is 1.00 bits per heavy atom. The fourth-order valence-electron chi connectivity index (χ4n) is 4.79. The first-order valence-corrected chi connectivity index (χ1v) is 11.1. The molecule has 5 rings (SSSR count). The predicted molar refractivity (Wildman–Crippen MR) is 114 cm³/mol. The van der Waals surface area contributed by atoms with Gasteiger partial charge in [-0.1, -0.05) is 35.7 Å². The zero-order valence-electron chi connectivity index (χ0n) is 15.8. The summed E-state index contributed by atoms with van der Waals surface area (Å²) in [7, 11) is 0. The van der Waals surface area contributed by atoms with Crippen molar-refractivity contribution in [3.05, 3.63) is 45.9 Å². The van der Waals surface area contributed by atoms with Gasteiger partial charge in [0.05, 0.1) is 6.10 Å². The molecule has 2 aliphatic heterocycles. The van der Waals surface area contributed by atoms with Crippen LogP contribution in [-0.2, 0) is 0 Å². The molecule has 0 bridgehead atoms. The number of halogens is 2. The third kappa shape index (κ3) is 3.49. The van der Waals surface area contributed by atoms with Crippen molar-refractivity contribution in [3.8, 4) is 22.6 Å². The molecule has 0 spiro atoms. The molecular formula is C23H25Cl2NO2. The Morgan fingerprint density at radius 3 is 2.68 bits per heavy atom. The van der Waals surface area contributed by atoms with E-state index in [1.54, 1.807) is 6.07 Å². The summed E-state index contributed by atoms with van der Waals surface area (Å²) >= 11 is 12.6. The Hall–Kier alpha value is -1.42. The molecule has 2 atom stereocenters. The van der Waals surface area contributed by atoms with Crippen LogP contribution in [0.3, 0.4) is 0 Å². The summed E-state index contributed by atoms with van der Waals surface area (Å²) in [4.78, 5) is 0. The highest BCUT2D eigenvalue weighted by atomic mass is 35.5. The van der Waals surface area contributed by atoms with Crippen LogP contribution in [-0.4, -0.2) is 25.3 Å². The lowest BCUT2D eigenvalue weighted by molar-refractivity contribution is 0.134. The van der Waals surface area contributed by atoms with Crippen LogP contribution in [0, 0.1) is 0 Å². The fraction of sp³-hybridized carbons (Fsp3) is 0.478. The molecule has 0 aromatic heterocycles. The van der Waals surface area contributed by atoms with Crippen LogP contribution in [0.1, 0.15) is 50.0 Å². The van der Waals surface area contributed by atoms with E-state index < -0.39 is 0 Å². The SMILES string of the molecule is Clc1ccc(-c2cc(OC3CCCCC3)c3c(c2)C2CNCCC2O3)c(Cl)c1. The average Bonchev–Trinajstić information content (AvgIpc) is 3.08. The molecule has 1 aliphatic carbocycles. The van der Waals surface area contributed by atoms with Crippen molar-refractivity contribution in [2.75, 3.05) is 13.1 Å². The van der Waals surface area contributed by atoms with E-state index in [0.29, 0.717) is 16.0 Å². The fourth-order valence-corrected chi connectivity index (χ4v) is 5.31. The van der Waals surface area contributed by atoms with E-state index in [-0.39, 0.29) is 12.2 Å². The summed E-state index contributed by atoms with van der Waals surface area (Å²) in [6.07, 6.45) is 7.57. The van der Waals surface area contributed by atoms with Crippen LogP contribution >= 0.6 is 23.2 Å². The molecule has 5 heteroatoms. The standard InChI is InChI=1S/C23H25Cl2NO2/c24-15-6-7-17(20(25)12-15)14-10-18-19-13-26-9-8-21(19)28-23(18)22(11-14)27-16-4-2-1-3-5-16/h6-7,10-12,16,19,21,26H,1-5,8-9,13H2. The smallest absolute Gasteiger partial charge is 0.165 e. The zero-order valence-corrected chi connectivity index (χ0v) is 17.4. The second-order valence-corrected chi connectivity index (χ2v) is 8.99. The van der Waals surface area contributed by atoms with Crippen molar-refractivity contribution >= 4 is 23.2 Å². The third-order valence-corrected chi connectivity index (χ3v) is 6.81. The van der Waals surface area contributed by atoms with Crippen molar-refractivity contribution in [1.82, 2.24) is 5.32 Å². The predicted octanol–water partition coefficient (Wildman–Crippen LogP) is 6.21. The van der Waals surface area contributed by atoms with Crippen LogP contribution in [0.5, 0.6) is 11.5 Å². The molecule has 3 nitrogen and oxygen atoms in total. The Morgan fingerprint density at radius 2 is 1.86 bits per heavy atom. The first-order valence-electron chi connectivity index (χ1n) is 10.4. The maximum atomic E-state index is 6.53. The Labute approximate surface area is 176 Å². The highest BCUT2D eigenvalue weighted by Crippen LogP contribution is 2.49. The number of ether oxygens (including phenoxy) is 2. The molecule has 2 aromatic rings. The molecule has 0 amide bonds. The molecule has 2 heterocycles. The van der Waals surface area contributed by atoms with Gasteiger partial charge in [-0.25, -0.2) is 0 Å². The monoisotopic (exact) mass is 417 g/mol. The number of benzene rings is 2. The first kappa shape index (κ1) is 18.6. The van der Waals surface area contributed by atoms with Gasteiger partial charge >= 0.3 is 0 Å². The average molecular weight is 418 g/mol. The van der Waals surface area contributed by atoms with Crippen molar-refractivity contribution in [2.24, 2.45) is 0 Å². The van der Waals surface area contributed by atoms with E-state index in [1.807, 2.05) is 12.1 Å². The third-order valence-electron chi connectivity index (χ3n) is 6.26. The minimum atomic E-state index is 0.237. The van der Waals surface area contributed by atoms with Gasteiger partial charge in [-0.3, -0.25) is 0 Å². The number of fused-ring (bicyclic) bond motifs is 3. The van der Waals surface area contributed by atoms with Crippen molar-refractivity contribution in [3.63, 3.8) is 0 Å². The quantitative estimate of drug-likeness (QED) is 0.643. The van der Waals surface area contributed by atoms with E-state index in [1.165, 1.54) is 24.8 Å². The van der Waals surface area contributed by atoms with Crippen LogP contribution in [0.15, 0.2) is 30.3 Å². The van der Waals surface area contributed by atoms with Crippen molar-refractivity contribution in [1.29, 1.82) is 0 Å². The maximum Gasteiger partial charge on any atom is 0.165 e. The molecule has 28 heavy (non-hydrogen) atoms. The summed E-state index contributed by atoms with van der Waals surface area (Å²) in [5.74, 6) is 2.18. The molecule has 2 unspecified atom stereocenters. The minimum absolute atomic E-state index is 0.237. The van der Waals surface area contributed by atoms with Gasteiger partial charge in [0.1, 0.15) is 6.10 Å². The first-order chi connectivity index (χ1) is 13.7. The Balaban J connectivity index is 1.57. The van der Waals surface area contributed by atoms with E-state index >= 15 is 0 Å². The molecule has 1 saturated carbocycles. The number of rotatable bonds is 3. The molecule has 0 radical (unpaired) electrons. The van der Waals surface area contributed by atoms with Gasteiger partial charge in [0, 0.05) is 33.6 Å². The highest BCUT2D eigenvalue weighted by molar-refractivity contribution is 6.36. The Kier molecular flexibility index (Phi) is 5.17. The molecule has 1 saturated heterocycles. The lowest BCUT2D eigenvalue weighted by atomic mass is 9.89. The molecule has 148 valence electrons. The van der Waals surface area contributed by atoms with Crippen LogP contribution in [0.2, 0.25) is 10.0 Å². The van der Waals surface area contributed by atoms with Gasteiger partial charge in [0.15, 0.2) is 11.5 Å². The summed E-state index contributed by atoms with van der Waals surface area (Å²) in [5, 5.41) is 4.82. The number of nitrogens with one attached hydrogen (secondary N) is 1. The highest BCUT2D eigenvalue weighted by Gasteiger charge is 2.39. The summed E-state index contributed by atoms with van der Waals surface area (Å²) in [5.41, 5.74) is 3.29. The van der Waals surface area contributed by atoms with Crippen LogP contribution in [0.4, 0.5) is 0 Å². The van der Waals surface area contributed by atoms with E-state index in [2.05, 4.69) is 17.4 Å². The molecule has 1 N–H and O–H groups in total. The van der Waals surface area contributed by atoms with Gasteiger partial charge in [0.25, 0.3) is 0 Å². The second-order valence-electron chi connectivity index (χ2n) is 8.15. The number of piperidine rings is 1. The Bertz CT molecular complexity index is 879. The van der Waals surface area contributed by atoms with Crippen LogP contribution < -0.4 is 14.8 Å². The number of hydrogen-bond acceptors (Lipinski definition) is 3. The van der Waals surface area contributed by atoms with E-state index in [4.69, 9.17) is 32.7 Å². The molecular weight excluding hydrogens is 393 g/mol. The molecule has 3 aliphatic rings. The zero-order chi connectivity index (χ0) is 19.1. The topological polar surface area (TPSA) is 30.5 Å². The van der Waals surface area contributed by atoms with Crippen molar-refractivity contribution in [2.45, 2.75) is 56.7 Å². The lowest BCUT2D eigenvalue weighted by Crippen LogP contribution is -2.37. The summed E-state index contributed by atoms with van der Waals surface area (Å²) < 4.78 is 12.9. The maximum absolute atomic E-state index is 6.53. The van der Waals surface area contributed by atoms with Gasteiger partial charge in [-0.05, 0) is 68.5 Å². The number of hydrogen-bond donors (Lipinski definition) is 1. The molecule has 2 aromatic carbocycles. The van der Waals surface area contributed by atoms with Gasteiger partial charge in [0.2, 0.25) is 0 Å². The van der Waals surface area contributed by atoms with Crippen molar-refractivity contribution < 1.29 is 9.47 Å². The summed E-state index contributed by atoms with van der Waals surface area (Å²) in [6.45, 7) is 1.95. The summed E-state index contributed by atoms with van der Waals surface area (Å²) in [6, 6.07) is 10.0. The molecule has 2 fully saturated rings.